The number of rotatable bonds is 2. The van der Waals surface area contributed by atoms with E-state index < -0.39 is 0 Å². The van der Waals surface area contributed by atoms with Crippen molar-refractivity contribution in [3.05, 3.63) is 17.3 Å². The van der Waals surface area contributed by atoms with Gasteiger partial charge in [-0.1, -0.05) is 12.8 Å². The molecule has 2 aromatic rings. The van der Waals surface area contributed by atoms with Gasteiger partial charge in [0.25, 0.3) is 0 Å². The number of nitrogens with zero attached hydrogens (tertiary/aromatic N) is 2. The van der Waals surface area contributed by atoms with E-state index in [2.05, 4.69) is 27.6 Å². The summed E-state index contributed by atoms with van der Waals surface area (Å²) in [6.45, 7) is 2.06. The lowest BCUT2D eigenvalue weighted by atomic mass is 9.92. The molecule has 2 unspecified atom stereocenters. The summed E-state index contributed by atoms with van der Waals surface area (Å²) in [4.78, 5) is 8.64. The predicted molar refractivity (Wildman–Crippen MR) is 74.0 cm³/mol. The minimum absolute atomic E-state index is 0.124. The van der Waals surface area contributed by atoms with Crippen molar-refractivity contribution in [3.63, 3.8) is 0 Å². The number of anilines is 1. The van der Waals surface area contributed by atoms with E-state index in [9.17, 15) is 5.11 Å². The number of hydrogen-bond acceptors (Lipinski definition) is 5. The Balaban J connectivity index is 1.90. The molecule has 0 bridgehead atoms. The zero-order chi connectivity index (χ0) is 12.5. The zero-order valence-corrected chi connectivity index (χ0v) is 11.2. The summed E-state index contributed by atoms with van der Waals surface area (Å²) in [5.41, 5.74) is 2.20. The highest BCUT2D eigenvalue weighted by Crippen LogP contribution is 2.30. The fourth-order valence-electron chi connectivity index (χ4n) is 2.53. The average Bonchev–Trinajstić information content (AvgIpc) is 2.76. The summed E-state index contributed by atoms with van der Waals surface area (Å²) in [5, 5.41) is 15.5. The SMILES string of the molecule is Cc1csc2c(NC3CCCCC3O)ncnc12. The minimum atomic E-state index is -0.259. The summed E-state index contributed by atoms with van der Waals surface area (Å²) in [6.07, 6.45) is 5.53. The molecule has 2 N–H and O–H groups in total. The molecule has 1 fully saturated rings. The average molecular weight is 263 g/mol. The zero-order valence-electron chi connectivity index (χ0n) is 10.4. The van der Waals surface area contributed by atoms with Crippen LogP contribution in [0.25, 0.3) is 10.2 Å². The van der Waals surface area contributed by atoms with Gasteiger partial charge >= 0.3 is 0 Å². The summed E-state index contributed by atoms with van der Waals surface area (Å²) in [6, 6.07) is 0.124. The van der Waals surface area contributed by atoms with E-state index in [0.717, 1.165) is 35.3 Å². The Morgan fingerprint density at radius 3 is 3.00 bits per heavy atom. The van der Waals surface area contributed by atoms with Crippen molar-refractivity contribution in [2.24, 2.45) is 0 Å². The van der Waals surface area contributed by atoms with Gasteiger partial charge in [-0.05, 0) is 30.7 Å². The number of thiophene rings is 1. The number of hydrogen-bond donors (Lipinski definition) is 2. The summed E-state index contributed by atoms with van der Waals surface area (Å²) >= 11 is 1.66. The lowest BCUT2D eigenvalue weighted by molar-refractivity contribution is 0.116. The van der Waals surface area contributed by atoms with Gasteiger partial charge in [-0.2, -0.15) is 0 Å². The Labute approximate surface area is 110 Å². The molecule has 1 aliphatic rings. The van der Waals surface area contributed by atoms with E-state index in [1.54, 1.807) is 17.7 Å². The Bertz CT molecular complexity index is 554. The molecular formula is C13H17N3OS. The van der Waals surface area contributed by atoms with Gasteiger partial charge in [-0.3, -0.25) is 0 Å². The third-order valence-electron chi connectivity index (χ3n) is 3.58. The van der Waals surface area contributed by atoms with Crippen molar-refractivity contribution >= 4 is 27.4 Å². The van der Waals surface area contributed by atoms with E-state index in [-0.39, 0.29) is 12.1 Å². The van der Waals surface area contributed by atoms with Gasteiger partial charge in [0.15, 0.2) is 0 Å². The van der Waals surface area contributed by atoms with Gasteiger partial charge in [-0.25, -0.2) is 9.97 Å². The molecule has 0 amide bonds. The molecule has 1 aliphatic carbocycles. The van der Waals surface area contributed by atoms with E-state index in [0.29, 0.717) is 0 Å². The fourth-order valence-corrected chi connectivity index (χ4v) is 3.48. The molecule has 4 nitrogen and oxygen atoms in total. The Hall–Kier alpha value is -1.20. The molecule has 5 heteroatoms. The highest BCUT2D eigenvalue weighted by molar-refractivity contribution is 7.18. The van der Waals surface area contributed by atoms with Gasteiger partial charge in [-0.15, -0.1) is 11.3 Å². The molecule has 0 aliphatic heterocycles. The third kappa shape index (κ3) is 2.08. The van der Waals surface area contributed by atoms with Crippen LogP contribution in [0, 0.1) is 6.92 Å². The maximum absolute atomic E-state index is 10.0. The lowest BCUT2D eigenvalue weighted by Crippen LogP contribution is -2.36. The van der Waals surface area contributed by atoms with Crippen molar-refractivity contribution in [2.75, 3.05) is 5.32 Å². The Kier molecular flexibility index (Phi) is 3.18. The first kappa shape index (κ1) is 11.9. The van der Waals surface area contributed by atoms with Crippen LogP contribution in [0.1, 0.15) is 31.2 Å². The Morgan fingerprint density at radius 1 is 1.33 bits per heavy atom. The van der Waals surface area contributed by atoms with E-state index in [4.69, 9.17) is 0 Å². The van der Waals surface area contributed by atoms with E-state index >= 15 is 0 Å². The van der Waals surface area contributed by atoms with Crippen LogP contribution in [-0.2, 0) is 0 Å². The number of aliphatic hydroxyl groups excluding tert-OH is 1. The van der Waals surface area contributed by atoms with Crippen LogP contribution < -0.4 is 5.32 Å². The largest absolute Gasteiger partial charge is 0.391 e. The summed E-state index contributed by atoms with van der Waals surface area (Å²) in [5.74, 6) is 0.865. The van der Waals surface area contributed by atoms with E-state index in [1.807, 2.05) is 0 Å². The first-order valence-electron chi connectivity index (χ1n) is 6.39. The predicted octanol–water partition coefficient (Wildman–Crippen LogP) is 2.72. The maximum Gasteiger partial charge on any atom is 0.147 e. The van der Waals surface area contributed by atoms with Crippen molar-refractivity contribution in [2.45, 2.75) is 44.8 Å². The lowest BCUT2D eigenvalue weighted by Gasteiger charge is -2.28. The minimum Gasteiger partial charge on any atom is -0.391 e. The van der Waals surface area contributed by atoms with Gasteiger partial charge < -0.3 is 10.4 Å². The number of aromatic nitrogens is 2. The summed E-state index contributed by atoms with van der Waals surface area (Å²) < 4.78 is 1.09. The molecule has 2 heterocycles. The van der Waals surface area contributed by atoms with Crippen LogP contribution in [-0.4, -0.2) is 27.2 Å². The van der Waals surface area contributed by atoms with Gasteiger partial charge in [0.2, 0.25) is 0 Å². The molecule has 2 aromatic heterocycles. The standard InChI is InChI=1S/C13H17N3OS/c1-8-6-18-12-11(8)14-7-15-13(12)16-9-4-2-3-5-10(9)17/h6-7,9-10,17H,2-5H2,1H3,(H,14,15,16). The highest BCUT2D eigenvalue weighted by Gasteiger charge is 2.24. The molecule has 1 saturated carbocycles. The van der Waals surface area contributed by atoms with Crippen molar-refractivity contribution < 1.29 is 5.11 Å². The second-order valence-corrected chi connectivity index (χ2v) is 5.80. The number of nitrogens with one attached hydrogen (secondary N) is 1. The van der Waals surface area contributed by atoms with Crippen LogP contribution in [0.4, 0.5) is 5.82 Å². The van der Waals surface area contributed by atoms with Crippen molar-refractivity contribution in [1.82, 2.24) is 9.97 Å². The molecule has 0 aromatic carbocycles. The second-order valence-electron chi connectivity index (χ2n) is 4.92. The number of aliphatic hydroxyl groups is 1. The number of fused-ring (bicyclic) bond motifs is 1. The van der Waals surface area contributed by atoms with Crippen LogP contribution in [0.3, 0.4) is 0 Å². The van der Waals surface area contributed by atoms with Crippen LogP contribution in [0.2, 0.25) is 0 Å². The van der Waals surface area contributed by atoms with Gasteiger partial charge in [0.05, 0.1) is 22.4 Å². The normalized spacial score (nSPS) is 24.3. The second kappa shape index (κ2) is 4.82. The van der Waals surface area contributed by atoms with Gasteiger partial charge in [0.1, 0.15) is 12.1 Å². The molecule has 18 heavy (non-hydrogen) atoms. The van der Waals surface area contributed by atoms with Crippen LogP contribution in [0.5, 0.6) is 0 Å². The molecular weight excluding hydrogens is 246 g/mol. The smallest absolute Gasteiger partial charge is 0.147 e. The summed E-state index contributed by atoms with van der Waals surface area (Å²) in [7, 11) is 0. The van der Waals surface area contributed by atoms with E-state index in [1.165, 1.54) is 12.0 Å². The molecule has 0 saturated heterocycles. The molecule has 96 valence electrons. The van der Waals surface area contributed by atoms with Crippen LogP contribution in [0.15, 0.2) is 11.7 Å². The van der Waals surface area contributed by atoms with Crippen molar-refractivity contribution in [1.29, 1.82) is 0 Å². The van der Waals surface area contributed by atoms with Gasteiger partial charge in [0, 0.05) is 0 Å². The first-order valence-corrected chi connectivity index (χ1v) is 7.27. The van der Waals surface area contributed by atoms with Crippen molar-refractivity contribution in [3.8, 4) is 0 Å². The molecule has 2 atom stereocenters. The fraction of sp³-hybridized carbons (Fsp3) is 0.538. The monoisotopic (exact) mass is 263 g/mol. The quantitative estimate of drug-likeness (QED) is 0.874. The molecule has 0 spiro atoms. The Morgan fingerprint density at radius 2 is 2.17 bits per heavy atom. The molecule has 0 radical (unpaired) electrons. The maximum atomic E-state index is 10.0. The number of aryl methyl sites for hydroxylation is 1. The topological polar surface area (TPSA) is 58.0 Å². The first-order chi connectivity index (χ1) is 8.75. The van der Waals surface area contributed by atoms with Crippen LogP contribution >= 0.6 is 11.3 Å². The molecule has 3 rings (SSSR count). The highest BCUT2D eigenvalue weighted by atomic mass is 32.1. The third-order valence-corrected chi connectivity index (χ3v) is 4.68.